The Labute approximate surface area is 251 Å². The molecule has 0 bridgehead atoms. The number of benzene rings is 2. The number of likely N-dealkylation sites (tertiary alicyclic amines) is 1. The highest BCUT2D eigenvalue weighted by atomic mass is 19.3. The molecule has 0 radical (unpaired) electrons. The lowest BCUT2D eigenvalue weighted by Gasteiger charge is -2.52. The van der Waals surface area contributed by atoms with Crippen LogP contribution in [-0.4, -0.2) is 75.4 Å². The molecular weight excluding hydrogens is 558 g/mol. The van der Waals surface area contributed by atoms with Gasteiger partial charge in [-0.3, -0.25) is 4.90 Å². The van der Waals surface area contributed by atoms with E-state index < -0.39 is 47.2 Å². The number of aliphatic carboxylic acids is 1. The highest BCUT2D eigenvalue weighted by Gasteiger charge is 2.56. The third-order valence-corrected chi connectivity index (χ3v) is 8.29. The van der Waals surface area contributed by atoms with E-state index >= 15 is 0 Å². The van der Waals surface area contributed by atoms with Gasteiger partial charge in [0.05, 0.1) is 0 Å². The van der Waals surface area contributed by atoms with Crippen molar-refractivity contribution in [2.75, 3.05) is 19.7 Å². The average molecular weight is 601 g/mol. The number of ether oxygens (including phenoxy) is 2. The summed E-state index contributed by atoms with van der Waals surface area (Å²) < 4.78 is 39.0. The number of nitrogens with zero attached hydrogens (tertiary/aromatic N) is 2. The molecule has 1 saturated heterocycles. The van der Waals surface area contributed by atoms with Gasteiger partial charge in [0.1, 0.15) is 17.7 Å². The van der Waals surface area contributed by atoms with Crippen molar-refractivity contribution in [3.05, 3.63) is 59.7 Å². The molecule has 1 N–H and O–H groups in total. The van der Waals surface area contributed by atoms with Crippen LogP contribution in [0.5, 0.6) is 0 Å². The highest BCUT2D eigenvalue weighted by molar-refractivity contribution is 5.86. The smallest absolute Gasteiger partial charge is 0.410 e. The first-order valence-corrected chi connectivity index (χ1v) is 14.7. The number of fused-ring (bicyclic) bond motifs is 3. The Bertz CT molecular complexity index is 1320. The van der Waals surface area contributed by atoms with E-state index in [-0.39, 0.29) is 44.9 Å². The molecule has 2 aromatic rings. The Hall–Kier alpha value is -3.69. The largest absolute Gasteiger partial charge is 0.479 e. The van der Waals surface area contributed by atoms with Crippen LogP contribution in [0.1, 0.15) is 84.3 Å². The van der Waals surface area contributed by atoms with Gasteiger partial charge in [-0.05, 0) is 76.6 Å². The molecule has 0 spiro atoms. The summed E-state index contributed by atoms with van der Waals surface area (Å²) in [5.41, 5.74) is 0.497. The molecule has 1 aliphatic heterocycles. The summed E-state index contributed by atoms with van der Waals surface area (Å²) in [6, 6.07) is 15.7. The van der Waals surface area contributed by atoms with Crippen LogP contribution < -0.4 is 0 Å². The van der Waals surface area contributed by atoms with Gasteiger partial charge >= 0.3 is 18.2 Å². The zero-order valence-electron chi connectivity index (χ0n) is 25.8. The van der Waals surface area contributed by atoms with Gasteiger partial charge in [0.15, 0.2) is 0 Å². The van der Waals surface area contributed by atoms with Crippen LogP contribution in [0.3, 0.4) is 0 Å². The molecule has 234 valence electrons. The van der Waals surface area contributed by atoms with E-state index in [1.165, 1.54) is 4.90 Å². The predicted octanol–water partition coefficient (Wildman–Crippen LogP) is 7.31. The number of amides is 2. The average Bonchev–Trinajstić information content (AvgIpc) is 3.21. The van der Waals surface area contributed by atoms with Gasteiger partial charge in [0, 0.05) is 37.4 Å². The molecule has 8 nitrogen and oxygen atoms in total. The summed E-state index contributed by atoms with van der Waals surface area (Å²) in [5, 5.41) is 10.6. The lowest BCUT2D eigenvalue weighted by Crippen LogP contribution is -2.68. The van der Waals surface area contributed by atoms with Crippen LogP contribution in [0, 0.1) is 0 Å². The fourth-order valence-electron chi connectivity index (χ4n) is 6.38. The fourth-order valence-corrected chi connectivity index (χ4v) is 6.38. The molecular formula is C33H42F2N2O6. The summed E-state index contributed by atoms with van der Waals surface area (Å²) in [5.74, 6) is -4.52. The minimum Gasteiger partial charge on any atom is -0.479 e. The topological polar surface area (TPSA) is 96.4 Å². The van der Waals surface area contributed by atoms with E-state index in [0.29, 0.717) is 0 Å². The van der Waals surface area contributed by atoms with Gasteiger partial charge in [-0.1, -0.05) is 48.5 Å². The van der Waals surface area contributed by atoms with Gasteiger partial charge in [0.2, 0.25) is 5.92 Å². The van der Waals surface area contributed by atoms with Gasteiger partial charge in [0.25, 0.3) is 0 Å². The second kappa shape index (κ2) is 11.8. The first kappa shape index (κ1) is 32.2. The third-order valence-electron chi connectivity index (χ3n) is 8.29. The zero-order chi connectivity index (χ0) is 31.8. The number of piperidine rings is 1. The third kappa shape index (κ3) is 6.94. The molecule has 10 heteroatoms. The first-order valence-electron chi connectivity index (χ1n) is 14.7. The molecule has 2 aliphatic rings. The van der Waals surface area contributed by atoms with Gasteiger partial charge in [-0.25, -0.2) is 23.2 Å². The van der Waals surface area contributed by atoms with Crippen LogP contribution in [0.15, 0.2) is 48.5 Å². The molecule has 1 unspecified atom stereocenters. The highest BCUT2D eigenvalue weighted by Crippen LogP contribution is 2.45. The van der Waals surface area contributed by atoms with Crippen molar-refractivity contribution in [3.63, 3.8) is 0 Å². The number of hydrogen-bond donors (Lipinski definition) is 1. The Morgan fingerprint density at radius 2 is 1.56 bits per heavy atom. The number of rotatable bonds is 8. The molecule has 1 aliphatic carbocycles. The maximum atomic E-state index is 13.9. The molecule has 2 amide bonds. The normalized spacial score (nSPS) is 19.8. The Morgan fingerprint density at radius 1 is 1.00 bits per heavy atom. The minimum atomic E-state index is -2.98. The van der Waals surface area contributed by atoms with E-state index in [1.54, 1.807) is 34.6 Å². The summed E-state index contributed by atoms with van der Waals surface area (Å²) in [6.45, 7) is 9.15. The van der Waals surface area contributed by atoms with Crippen molar-refractivity contribution in [3.8, 4) is 11.1 Å². The lowest BCUT2D eigenvalue weighted by molar-refractivity contribution is -0.158. The SMILES string of the molecule is CC(F)(F)CCCN(C(=O)OCC1c2ccccc2-c2ccccc21)C1(C(=O)O)CCN(C(=O)OC(C)(C)C)C(C)(C)C1. The summed E-state index contributed by atoms with van der Waals surface area (Å²) in [4.78, 5) is 42.5. The van der Waals surface area contributed by atoms with E-state index in [4.69, 9.17) is 9.47 Å². The number of hydrogen-bond acceptors (Lipinski definition) is 5. The van der Waals surface area contributed by atoms with E-state index in [0.717, 1.165) is 34.1 Å². The second-order valence-corrected chi connectivity index (χ2v) is 13.3. The minimum absolute atomic E-state index is 0.00862. The monoisotopic (exact) mass is 600 g/mol. The summed E-state index contributed by atoms with van der Waals surface area (Å²) in [7, 11) is 0. The van der Waals surface area contributed by atoms with Crippen LogP contribution >= 0.6 is 0 Å². The van der Waals surface area contributed by atoms with Crippen molar-refractivity contribution in [1.29, 1.82) is 0 Å². The summed E-state index contributed by atoms with van der Waals surface area (Å²) >= 11 is 0. The van der Waals surface area contributed by atoms with Gasteiger partial charge in [-0.2, -0.15) is 0 Å². The van der Waals surface area contributed by atoms with Crippen LogP contribution in [0.2, 0.25) is 0 Å². The standard InChI is InChI=1S/C33H42F2N2O6/c1-30(2,3)43-29(41)36-19-17-33(27(38)39,21-31(36,4)5)37(18-11-16-32(6,34)35)28(40)42-20-26-24-14-9-7-12-22(24)23-13-8-10-15-25(23)26/h7-10,12-15,26H,11,16-21H2,1-6H3,(H,38,39). The van der Waals surface area contributed by atoms with Crippen molar-refractivity contribution >= 4 is 18.2 Å². The maximum Gasteiger partial charge on any atom is 0.410 e. The van der Waals surface area contributed by atoms with Crippen molar-refractivity contribution < 1.29 is 37.7 Å². The molecule has 43 heavy (non-hydrogen) atoms. The van der Waals surface area contributed by atoms with Gasteiger partial charge in [-0.15, -0.1) is 0 Å². The first-order chi connectivity index (χ1) is 20.0. The number of alkyl halides is 2. The van der Waals surface area contributed by atoms with Crippen LogP contribution in [0.25, 0.3) is 11.1 Å². The summed E-state index contributed by atoms with van der Waals surface area (Å²) in [6.07, 6.45) is -2.37. The van der Waals surface area contributed by atoms with E-state index in [2.05, 4.69) is 0 Å². The molecule has 4 rings (SSSR count). The van der Waals surface area contributed by atoms with Crippen molar-refractivity contribution in [2.45, 2.75) is 95.7 Å². The lowest BCUT2D eigenvalue weighted by atomic mass is 9.75. The van der Waals surface area contributed by atoms with Crippen LogP contribution in [0.4, 0.5) is 18.4 Å². The van der Waals surface area contributed by atoms with Crippen molar-refractivity contribution in [1.82, 2.24) is 9.80 Å². The Kier molecular flexibility index (Phi) is 8.82. The Morgan fingerprint density at radius 3 is 2.05 bits per heavy atom. The maximum absolute atomic E-state index is 13.9. The molecule has 0 saturated carbocycles. The number of carbonyl (C=O) groups excluding carboxylic acids is 2. The molecule has 0 aromatic heterocycles. The number of halogens is 2. The quantitative estimate of drug-likeness (QED) is 0.342. The second-order valence-electron chi connectivity index (χ2n) is 13.3. The molecule has 1 fully saturated rings. The number of carboxylic acid groups (broad SMARTS) is 1. The van der Waals surface area contributed by atoms with Crippen LogP contribution in [-0.2, 0) is 14.3 Å². The zero-order valence-corrected chi connectivity index (χ0v) is 25.8. The molecule has 2 aromatic carbocycles. The predicted molar refractivity (Wildman–Crippen MR) is 158 cm³/mol. The van der Waals surface area contributed by atoms with E-state index in [1.807, 2.05) is 48.5 Å². The van der Waals surface area contributed by atoms with Gasteiger partial charge < -0.3 is 19.5 Å². The molecule has 1 heterocycles. The van der Waals surface area contributed by atoms with E-state index in [9.17, 15) is 28.3 Å². The number of carboxylic acids is 1. The molecule has 1 atom stereocenters. The number of carbonyl (C=O) groups is 3. The fraction of sp³-hybridized carbons (Fsp3) is 0.545. The van der Waals surface area contributed by atoms with Crippen molar-refractivity contribution in [2.24, 2.45) is 0 Å². The Balaban J connectivity index is 1.61.